The molecule has 3 aromatic rings. The Bertz CT molecular complexity index is 864. The number of hydrogen-bond donors (Lipinski definition) is 2. The fourth-order valence-electron chi connectivity index (χ4n) is 2.13. The van der Waals surface area contributed by atoms with Gasteiger partial charge in [0.25, 0.3) is 0 Å². The Morgan fingerprint density at radius 1 is 1.25 bits per heavy atom. The second-order valence-electron chi connectivity index (χ2n) is 4.30. The third kappa shape index (κ3) is 1.68. The van der Waals surface area contributed by atoms with Crippen LogP contribution in [0.15, 0.2) is 35.1 Å². The first-order valence-electron chi connectivity index (χ1n) is 5.86. The highest BCUT2D eigenvalue weighted by atomic mass is 16.4. The molecule has 1 aromatic carbocycles. The molecule has 7 nitrogen and oxygen atoms in total. The van der Waals surface area contributed by atoms with Crippen molar-refractivity contribution in [1.82, 2.24) is 19.8 Å². The van der Waals surface area contributed by atoms with Gasteiger partial charge >= 0.3 is 11.5 Å². The Morgan fingerprint density at radius 3 is 2.60 bits per heavy atom. The van der Waals surface area contributed by atoms with Crippen LogP contribution in [0.3, 0.4) is 0 Å². The number of carboxylic acid groups (broad SMARTS) is 1. The number of aryl methyl sites for hydroxylation is 1. The van der Waals surface area contributed by atoms with Crippen molar-refractivity contribution in [3.63, 3.8) is 0 Å². The largest absolute Gasteiger partial charge is 0.476 e. The highest BCUT2D eigenvalue weighted by Gasteiger charge is 2.19. The van der Waals surface area contributed by atoms with Gasteiger partial charge < -0.3 is 5.11 Å². The molecule has 0 saturated carbocycles. The number of carboxylic acids is 1. The first kappa shape index (κ1) is 12.1. The van der Waals surface area contributed by atoms with Gasteiger partial charge in [-0.1, -0.05) is 30.3 Å². The van der Waals surface area contributed by atoms with E-state index in [9.17, 15) is 9.59 Å². The molecule has 0 atom stereocenters. The number of hydrogen-bond acceptors (Lipinski definition) is 4. The molecule has 0 spiro atoms. The van der Waals surface area contributed by atoms with E-state index in [4.69, 9.17) is 5.11 Å². The highest BCUT2D eigenvalue weighted by Crippen LogP contribution is 2.25. The molecule has 2 aromatic heterocycles. The predicted molar refractivity (Wildman–Crippen MR) is 70.7 cm³/mol. The number of fused-ring (bicyclic) bond motifs is 1. The molecule has 0 bridgehead atoms. The molecule has 3 rings (SSSR count). The SMILES string of the molecule is Cc1[nH]n2c(=O)c(C(=O)O)nnc2c1-c1ccccc1. The average molecular weight is 270 g/mol. The lowest BCUT2D eigenvalue weighted by Crippen LogP contribution is -2.25. The van der Waals surface area contributed by atoms with Crippen molar-refractivity contribution in [2.45, 2.75) is 6.92 Å². The van der Waals surface area contributed by atoms with Crippen LogP contribution in [-0.2, 0) is 0 Å². The Hall–Kier alpha value is -2.96. The summed E-state index contributed by atoms with van der Waals surface area (Å²) in [7, 11) is 0. The summed E-state index contributed by atoms with van der Waals surface area (Å²) >= 11 is 0. The third-order valence-electron chi connectivity index (χ3n) is 3.01. The summed E-state index contributed by atoms with van der Waals surface area (Å²) in [6, 6.07) is 9.39. The zero-order chi connectivity index (χ0) is 14.3. The van der Waals surface area contributed by atoms with E-state index in [1.807, 2.05) is 30.3 Å². The van der Waals surface area contributed by atoms with Crippen LogP contribution in [0.2, 0.25) is 0 Å². The molecule has 0 aliphatic heterocycles. The smallest absolute Gasteiger partial charge is 0.362 e. The summed E-state index contributed by atoms with van der Waals surface area (Å²) in [6.07, 6.45) is 0. The lowest BCUT2D eigenvalue weighted by atomic mass is 10.1. The van der Waals surface area contributed by atoms with Crippen LogP contribution in [0.4, 0.5) is 0 Å². The van der Waals surface area contributed by atoms with Crippen LogP contribution in [0.5, 0.6) is 0 Å². The maximum atomic E-state index is 12.0. The van der Waals surface area contributed by atoms with Gasteiger partial charge in [-0.15, -0.1) is 10.2 Å². The number of benzene rings is 1. The Balaban J connectivity index is 2.37. The second-order valence-corrected chi connectivity index (χ2v) is 4.30. The van der Waals surface area contributed by atoms with E-state index in [0.29, 0.717) is 11.3 Å². The topological polar surface area (TPSA) is 100 Å². The lowest BCUT2D eigenvalue weighted by molar-refractivity contribution is 0.0686. The Morgan fingerprint density at radius 2 is 1.95 bits per heavy atom. The lowest BCUT2D eigenvalue weighted by Gasteiger charge is -1.99. The first-order chi connectivity index (χ1) is 9.59. The standard InChI is InChI=1S/C13H10N4O3/c1-7-9(8-5-3-2-4-6-8)11-15-14-10(13(19)20)12(18)17(11)16-7/h2-6,16H,1H3,(H,19,20). The number of carbonyl (C=O) groups is 1. The van der Waals surface area contributed by atoms with E-state index >= 15 is 0 Å². The summed E-state index contributed by atoms with van der Waals surface area (Å²) in [4.78, 5) is 22.9. The van der Waals surface area contributed by atoms with Crippen molar-refractivity contribution in [2.75, 3.05) is 0 Å². The molecule has 2 heterocycles. The molecule has 0 aliphatic rings. The van der Waals surface area contributed by atoms with Crippen molar-refractivity contribution in [3.05, 3.63) is 52.1 Å². The van der Waals surface area contributed by atoms with Gasteiger partial charge in [-0.3, -0.25) is 9.89 Å². The molecule has 2 N–H and O–H groups in total. The number of rotatable bonds is 2. The maximum absolute atomic E-state index is 12.0. The molecule has 0 amide bonds. The zero-order valence-electron chi connectivity index (χ0n) is 10.5. The average Bonchev–Trinajstić information content (AvgIpc) is 2.77. The van der Waals surface area contributed by atoms with Crippen LogP contribution < -0.4 is 5.56 Å². The fraction of sp³-hybridized carbons (Fsp3) is 0.0769. The molecule has 7 heteroatoms. The first-order valence-corrected chi connectivity index (χ1v) is 5.86. The van der Waals surface area contributed by atoms with Crippen LogP contribution in [0.1, 0.15) is 16.2 Å². The number of nitrogens with one attached hydrogen (secondary N) is 1. The molecule has 20 heavy (non-hydrogen) atoms. The molecule has 0 saturated heterocycles. The fourth-order valence-corrected chi connectivity index (χ4v) is 2.13. The van der Waals surface area contributed by atoms with E-state index in [2.05, 4.69) is 15.3 Å². The molecular weight excluding hydrogens is 260 g/mol. The van der Waals surface area contributed by atoms with E-state index < -0.39 is 17.2 Å². The number of aromatic nitrogens is 4. The minimum Gasteiger partial charge on any atom is -0.476 e. The summed E-state index contributed by atoms with van der Waals surface area (Å²) in [5.41, 5.74) is 1.29. The van der Waals surface area contributed by atoms with Gasteiger partial charge in [0.1, 0.15) is 0 Å². The molecular formula is C13H10N4O3. The van der Waals surface area contributed by atoms with E-state index in [-0.39, 0.29) is 0 Å². The van der Waals surface area contributed by atoms with Crippen LogP contribution >= 0.6 is 0 Å². The van der Waals surface area contributed by atoms with Crippen molar-refractivity contribution < 1.29 is 9.90 Å². The van der Waals surface area contributed by atoms with Gasteiger partial charge in [0.2, 0.25) is 5.69 Å². The minimum atomic E-state index is -1.40. The van der Waals surface area contributed by atoms with Crippen molar-refractivity contribution in [1.29, 1.82) is 0 Å². The summed E-state index contributed by atoms with van der Waals surface area (Å²) < 4.78 is 1.11. The molecule has 0 radical (unpaired) electrons. The Kier molecular flexibility index (Phi) is 2.60. The number of aromatic amines is 1. The van der Waals surface area contributed by atoms with Crippen LogP contribution in [-0.4, -0.2) is 30.9 Å². The number of aromatic carboxylic acids is 1. The van der Waals surface area contributed by atoms with Crippen molar-refractivity contribution in [3.8, 4) is 11.1 Å². The zero-order valence-corrected chi connectivity index (χ0v) is 10.5. The maximum Gasteiger partial charge on any atom is 0.362 e. The molecule has 0 aliphatic carbocycles. The van der Waals surface area contributed by atoms with Crippen LogP contribution in [0, 0.1) is 6.92 Å². The number of H-pyrrole nitrogens is 1. The second kappa shape index (κ2) is 4.30. The van der Waals surface area contributed by atoms with Crippen LogP contribution in [0.25, 0.3) is 16.8 Å². The number of nitrogens with zero attached hydrogens (tertiary/aromatic N) is 3. The van der Waals surface area contributed by atoms with Gasteiger partial charge in [-0.05, 0) is 12.5 Å². The van der Waals surface area contributed by atoms with Gasteiger partial charge in [0, 0.05) is 11.3 Å². The van der Waals surface area contributed by atoms with Gasteiger partial charge in [0.05, 0.1) is 0 Å². The highest BCUT2D eigenvalue weighted by molar-refractivity contribution is 5.85. The summed E-state index contributed by atoms with van der Waals surface area (Å²) in [5.74, 6) is -1.40. The van der Waals surface area contributed by atoms with E-state index in [1.54, 1.807) is 6.92 Å². The normalized spacial score (nSPS) is 10.8. The molecule has 0 fully saturated rings. The quantitative estimate of drug-likeness (QED) is 0.726. The molecule has 100 valence electrons. The van der Waals surface area contributed by atoms with Crippen molar-refractivity contribution >= 4 is 11.6 Å². The predicted octanol–water partition coefficient (Wildman–Crippen LogP) is 1.09. The van der Waals surface area contributed by atoms with Gasteiger partial charge in [0.15, 0.2) is 5.65 Å². The van der Waals surface area contributed by atoms with E-state index in [0.717, 1.165) is 15.6 Å². The summed E-state index contributed by atoms with van der Waals surface area (Å²) in [6.45, 7) is 1.79. The van der Waals surface area contributed by atoms with E-state index in [1.165, 1.54) is 0 Å². The summed E-state index contributed by atoms with van der Waals surface area (Å²) in [5, 5.41) is 19.1. The minimum absolute atomic E-state index is 0.309. The van der Waals surface area contributed by atoms with Crippen molar-refractivity contribution in [2.24, 2.45) is 0 Å². The monoisotopic (exact) mass is 270 g/mol. The molecule has 0 unspecified atom stereocenters. The van der Waals surface area contributed by atoms with Gasteiger partial charge in [-0.2, -0.15) is 4.52 Å². The van der Waals surface area contributed by atoms with Gasteiger partial charge in [-0.25, -0.2) is 4.79 Å². The third-order valence-corrected chi connectivity index (χ3v) is 3.01. The Labute approximate surface area is 112 Å².